The molecule has 0 saturated carbocycles. The van der Waals surface area contributed by atoms with Gasteiger partial charge in [-0.1, -0.05) is 95.8 Å². The van der Waals surface area contributed by atoms with Crippen LogP contribution in [-0.4, -0.2) is 23.2 Å². The van der Waals surface area contributed by atoms with Crippen molar-refractivity contribution in [2.45, 2.75) is 79.1 Å². The number of fused-ring (bicyclic) bond motifs is 4. The fourth-order valence-electron chi connectivity index (χ4n) is 5.86. The molecule has 2 aromatic heterocycles. The Bertz CT molecular complexity index is 2090. The molecule has 0 amide bonds. The number of alkyl halides is 6. The fourth-order valence-corrected chi connectivity index (χ4v) is 7.24. The maximum absolute atomic E-state index is 13.8. The van der Waals surface area contributed by atoms with Crippen molar-refractivity contribution in [1.82, 2.24) is 0 Å². The predicted molar refractivity (Wildman–Crippen MR) is 191 cm³/mol. The third-order valence-corrected chi connectivity index (χ3v) is 9.88. The zero-order valence-electron chi connectivity index (χ0n) is 29.6. The maximum Gasteiger partial charge on any atom is 0.448 e. The third-order valence-electron chi connectivity index (χ3n) is 8.58. The van der Waals surface area contributed by atoms with E-state index in [0.717, 1.165) is 42.4 Å². The van der Waals surface area contributed by atoms with Crippen LogP contribution in [0, 0.1) is 25.3 Å². The van der Waals surface area contributed by atoms with Gasteiger partial charge in [-0.15, -0.1) is 34.4 Å². The average Bonchev–Trinajstić information content (AvgIpc) is 3.35. The summed E-state index contributed by atoms with van der Waals surface area (Å²) in [6.07, 6.45) is -7.04. The smallest absolute Gasteiger partial charge is 0.448 e. The topological polar surface area (TPSA) is 41.2 Å². The number of carbonyl (C=O) groups excluding carboxylic acids is 1. The molecule has 0 fully saturated rings. The second-order valence-corrected chi connectivity index (χ2v) is 15.7. The van der Waals surface area contributed by atoms with Gasteiger partial charge in [-0.2, -0.15) is 38.8 Å². The van der Waals surface area contributed by atoms with Crippen LogP contribution in [-0.2, 0) is 36.7 Å². The molecular formula is C40H42F6IrNO2S-. The first-order valence-corrected chi connectivity index (χ1v) is 16.9. The average molecular weight is 907 g/mol. The molecule has 0 aliphatic rings. The van der Waals surface area contributed by atoms with Gasteiger partial charge in [0.2, 0.25) is 5.76 Å². The molecule has 277 valence electrons. The van der Waals surface area contributed by atoms with Crippen molar-refractivity contribution >= 4 is 48.1 Å². The van der Waals surface area contributed by atoms with Gasteiger partial charge < -0.3 is 9.67 Å². The monoisotopic (exact) mass is 907 g/mol. The predicted octanol–water partition coefficient (Wildman–Crippen LogP) is 12.0. The number of rotatable bonds is 6. The van der Waals surface area contributed by atoms with Crippen LogP contribution >= 0.6 is 11.3 Å². The number of allylic oxidation sites excluding steroid dienone is 2. The molecule has 51 heavy (non-hydrogen) atoms. The van der Waals surface area contributed by atoms with E-state index in [0.29, 0.717) is 5.56 Å². The van der Waals surface area contributed by atoms with E-state index >= 15 is 0 Å². The molecule has 0 saturated heterocycles. The maximum atomic E-state index is 13.8. The first-order valence-electron chi connectivity index (χ1n) is 16.1. The number of aliphatic hydroxyl groups excluding tert-OH is 1. The number of carbonyl (C=O) groups is 1. The first kappa shape index (κ1) is 41.9. The quantitative estimate of drug-likeness (QED) is 0.0606. The van der Waals surface area contributed by atoms with Crippen LogP contribution in [0.2, 0.25) is 0 Å². The first-order chi connectivity index (χ1) is 22.9. The summed E-state index contributed by atoms with van der Waals surface area (Å²) < 4.78 is 80.0. The van der Waals surface area contributed by atoms with Crippen LogP contribution in [0.3, 0.4) is 0 Å². The summed E-state index contributed by atoms with van der Waals surface area (Å²) in [7, 11) is 4.29. The molecule has 5 rings (SSSR count). The van der Waals surface area contributed by atoms with Crippen molar-refractivity contribution < 1.29 is 60.9 Å². The van der Waals surface area contributed by atoms with E-state index in [9.17, 15) is 31.1 Å². The van der Waals surface area contributed by atoms with E-state index in [4.69, 9.17) is 5.11 Å². The Kier molecular flexibility index (Phi) is 12.5. The van der Waals surface area contributed by atoms with Gasteiger partial charge in [0.25, 0.3) is 0 Å². The Morgan fingerprint density at radius 2 is 1.45 bits per heavy atom. The number of thiophene rings is 1. The second kappa shape index (κ2) is 15.2. The van der Waals surface area contributed by atoms with E-state index in [2.05, 4.69) is 59.0 Å². The molecule has 3 aromatic carbocycles. The number of aliphatic hydroxyl groups is 1. The van der Waals surface area contributed by atoms with Gasteiger partial charge in [0, 0.05) is 49.0 Å². The largest absolute Gasteiger partial charge is 0.504 e. The Morgan fingerprint density at radius 3 is 2.00 bits per heavy atom. The zero-order chi connectivity index (χ0) is 37.6. The molecule has 0 atom stereocenters. The minimum absolute atomic E-state index is 0. The fraction of sp³-hybridized carbons (Fsp3) is 0.350. The number of benzene rings is 3. The van der Waals surface area contributed by atoms with Gasteiger partial charge in [0.05, 0.1) is 17.3 Å². The third kappa shape index (κ3) is 9.10. The molecule has 2 heterocycles. The summed E-state index contributed by atoms with van der Waals surface area (Å²) in [6.45, 7) is 17.0. The summed E-state index contributed by atoms with van der Waals surface area (Å²) in [4.78, 5) is 10.8. The van der Waals surface area contributed by atoms with Crippen LogP contribution < -0.4 is 4.57 Å². The summed E-state index contributed by atoms with van der Waals surface area (Å²) in [5, 5.41) is 12.6. The molecule has 0 unspecified atom stereocenters. The summed E-state index contributed by atoms with van der Waals surface area (Å²) in [5.41, 5.74) is 2.85. The van der Waals surface area contributed by atoms with Gasteiger partial charge in [0.1, 0.15) is 0 Å². The number of pyridine rings is 1. The second-order valence-electron chi connectivity index (χ2n) is 14.7. The standard InChI is InChI=1S/C32H31F3NS.C8H11F3O2.Ir/c1-19-21-12-8-9-13-22(21)26(30(2,3)4)17-25(19)27-29-24(15-16-36(27)7)23-14-10-11-20(28(23)37-29)18-31(5,6)32(33,34)35;1-5(2)3-6(12)4-7(13)8(9,10)11;/h8-17H,1,7,18H2,2-6H3;4-5,13H,3H2,1-2H3;/q-1;;/b;7-4-;. The molecule has 0 aliphatic heterocycles. The zero-order valence-corrected chi connectivity index (χ0v) is 32.8. The number of hydrogen-bond acceptors (Lipinski definition) is 3. The summed E-state index contributed by atoms with van der Waals surface area (Å²) >= 11 is 1.55. The SMILES string of the molecule is CC(C)CC(=O)/C=C(\O)C(F)(F)F.[CH2-]c1c(-c2c3sc4c(CC(C)(C)C(F)(F)F)cccc4c3cc[n+]2[CH2-])cc(C(C)(C)C)c2ccccc12.[Ir]. The van der Waals surface area contributed by atoms with Crippen LogP contribution in [0.25, 0.3) is 42.2 Å². The van der Waals surface area contributed by atoms with Gasteiger partial charge in [0.15, 0.2) is 5.78 Å². The molecule has 0 aliphatic carbocycles. The van der Waals surface area contributed by atoms with Crippen LogP contribution in [0.4, 0.5) is 26.3 Å². The summed E-state index contributed by atoms with van der Waals surface area (Å²) in [5.74, 6) is -2.58. The Morgan fingerprint density at radius 1 is 0.882 bits per heavy atom. The number of nitrogens with zero attached hydrogens (tertiary/aromatic N) is 1. The van der Waals surface area contributed by atoms with Gasteiger partial charge in [-0.05, 0) is 40.2 Å². The van der Waals surface area contributed by atoms with E-state index in [1.807, 2.05) is 41.1 Å². The number of halogens is 6. The Labute approximate surface area is 312 Å². The van der Waals surface area contributed by atoms with Crippen LogP contribution in [0.1, 0.15) is 71.6 Å². The van der Waals surface area contributed by atoms with Crippen molar-refractivity contribution in [2.24, 2.45) is 11.3 Å². The van der Waals surface area contributed by atoms with Crippen LogP contribution in [0.15, 0.2) is 72.6 Å². The van der Waals surface area contributed by atoms with Crippen molar-refractivity contribution in [3.63, 3.8) is 0 Å². The minimum Gasteiger partial charge on any atom is -0.504 e. The summed E-state index contributed by atoms with van der Waals surface area (Å²) in [6, 6.07) is 18.2. The van der Waals surface area contributed by atoms with Crippen molar-refractivity contribution in [3.8, 4) is 11.3 Å². The van der Waals surface area contributed by atoms with E-state index < -0.39 is 29.3 Å². The molecule has 1 radical (unpaired) electrons. The van der Waals surface area contributed by atoms with Crippen molar-refractivity contribution in [3.05, 3.63) is 103 Å². The van der Waals surface area contributed by atoms with Gasteiger partial charge in [-0.25, -0.2) is 0 Å². The molecule has 1 N–H and O–H groups in total. The molecule has 0 spiro atoms. The van der Waals surface area contributed by atoms with E-state index in [-0.39, 0.29) is 50.4 Å². The minimum atomic E-state index is -4.83. The van der Waals surface area contributed by atoms with Crippen molar-refractivity contribution in [1.29, 1.82) is 0 Å². The molecular weight excluding hydrogens is 865 g/mol. The van der Waals surface area contributed by atoms with Crippen LogP contribution in [0.5, 0.6) is 0 Å². The molecule has 0 bridgehead atoms. The normalized spacial score (nSPS) is 13.0. The number of hydrogen-bond donors (Lipinski definition) is 1. The molecule has 11 heteroatoms. The Balaban J connectivity index is 0.000000430. The Hall–Kier alpha value is -3.53. The van der Waals surface area contributed by atoms with Gasteiger partial charge >= 0.3 is 12.4 Å². The number of ketones is 1. The number of aromatic nitrogens is 1. The van der Waals surface area contributed by atoms with E-state index in [1.54, 1.807) is 25.2 Å². The molecule has 5 aromatic rings. The molecule has 3 nitrogen and oxygen atoms in total. The van der Waals surface area contributed by atoms with E-state index in [1.165, 1.54) is 24.8 Å². The van der Waals surface area contributed by atoms with Gasteiger partial charge in [-0.3, -0.25) is 4.79 Å². The van der Waals surface area contributed by atoms with Crippen molar-refractivity contribution in [2.75, 3.05) is 0 Å².